The predicted molar refractivity (Wildman–Crippen MR) is 51.4 cm³/mol. The zero-order valence-corrected chi connectivity index (χ0v) is 8.25. The summed E-state index contributed by atoms with van der Waals surface area (Å²) in [5.41, 5.74) is 5.58. The molecule has 1 rings (SSSR count). The summed E-state index contributed by atoms with van der Waals surface area (Å²) in [5, 5.41) is 8.77. The van der Waals surface area contributed by atoms with E-state index in [-0.39, 0.29) is 11.8 Å². The highest BCUT2D eigenvalue weighted by molar-refractivity contribution is 5.67. The van der Waals surface area contributed by atoms with Crippen LogP contribution in [0, 0.1) is 11.3 Å². The lowest BCUT2D eigenvalue weighted by atomic mass is 9.82. The van der Waals surface area contributed by atoms with E-state index in [0.717, 1.165) is 25.7 Å². The van der Waals surface area contributed by atoms with Gasteiger partial charge in [-0.05, 0) is 37.1 Å². The summed E-state index contributed by atoms with van der Waals surface area (Å²) < 4.78 is 0. The Morgan fingerprint density at radius 1 is 1.69 bits per heavy atom. The van der Waals surface area contributed by atoms with Crippen molar-refractivity contribution in [2.45, 2.75) is 39.0 Å². The molecule has 76 valence electrons. The Labute approximate surface area is 79.3 Å². The lowest BCUT2D eigenvalue weighted by molar-refractivity contribution is -0.139. The third-order valence-electron chi connectivity index (χ3n) is 3.34. The van der Waals surface area contributed by atoms with Crippen LogP contribution in [-0.2, 0) is 4.79 Å². The minimum atomic E-state index is -0.706. The molecular weight excluding hydrogens is 166 g/mol. The zero-order chi connectivity index (χ0) is 9.90. The van der Waals surface area contributed by atoms with Crippen LogP contribution in [0.5, 0.6) is 0 Å². The van der Waals surface area contributed by atoms with E-state index >= 15 is 0 Å². The maximum Gasteiger partial charge on any atom is 0.303 e. The summed E-state index contributed by atoms with van der Waals surface area (Å²) in [6.45, 7) is 2.69. The first kappa shape index (κ1) is 10.5. The molecule has 1 saturated carbocycles. The molecule has 2 atom stereocenters. The van der Waals surface area contributed by atoms with Crippen LogP contribution in [0.25, 0.3) is 0 Å². The van der Waals surface area contributed by atoms with Crippen molar-refractivity contribution in [1.82, 2.24) is 0 Å². The highest BCUT2D eigenvalue weighted by atomic mass is 16.4. The summed E-state index contributed by atoms with van der Waals surface area (Å²) in [6, 6.07) is 0. The highest BCUT2D eigenvalue weighted by Crippen LogP contribution is 2.44. The van der Waals surface area contributed by atoms with Crippen LogP contribution in [0.2, 0.25) is 0 Å². The SMILES string of the molecule is CC[C@@H]1CC[C@](CN)(CC(=O)O)C1. The van der Waals surface area contributed by atoms with Gasteiger partial charge in [-0.3, -0.25) is 4.79 Å². The number of aliphatic carboxylic acids is 1. The standard InChI is InChI=1S/C10H19NO2/c1-2-8-3-4-10(5-8,7-11)6-9(12)13/h8H,2-7,11H2,1H3,(H,12,13)/t8-,10-/m1/s1. The first-order chi connectivity index (χ1) is 6.12. The van der Waals surface area contributed by atoms with Crippen molar-refractivity contribution < 1.29 is 9.90 Å². The summed E-state index contributed by atoms with van der Waals surface area (Å²) in [4.78, 5) is 10.7. The van der Waals surface area contributed by atoms with Crippen molar-refractivity contribution in [3.63, 3.8) is 0 Å². The summed E-state index contributed by atoms with van der Waals surface area (Å²) >= 11 is 0. The van der Waals surface area contributed by atoms with Gasteiger partial charge in [-0.1, -0.05) is 13.3 Å². The molecule has 0 aromatic rings. The Balaban J connectivity index is 2.57. The minimum absolute atomic E-state index is 0.0908. The molecule has 0 unspecified atom stereocenters. The topological polar surface area (TPSA) is 63.3 Å². The van der Waals surface area contributed by atoms with Crippen molar-refractivity contribution in [3.8, 4) is 0 Å². The number of carboxylic acids is 1. The van der Waals surface area contributed by atoms with E-state index in [2.05, 4.69) is 6.92 Å². The van der Waals surface area contributed by atoms with E-state index in [1.807, 2.05) is 0 Å². The summed E-state index contributed by atoms with van der Waals surface area (Å²) in [5.74, 6) is -0.00916. The Kier molecular flexibility index (Phi) is 3.31. The summed E-state index contributed by atoms with van der Waals surface area (Å²) in [6.07, 6.45) is 4.56. The number of carboxylic acid groups (broad SMARTS) is 1. The Morgan fingerprint density at radius 2 is 2.38 bits per heavy atom. The van der Waals surface area contributed by atoms with Gasteiger partial charge in [0, 0.05) is 0 Å². The Bertz CT molecular complexity index is 193. The van der Waals surface area contributed by atoms with E-state index in [9.17, 15) is 4.79 Å². The maximum absolute atomic E-state index is 10.7. The fourth-order valence-corrected chi connectivity index (χ4v) is 2.41. The number of hydrogen-bond donors (Lipinski definition) is 2. The molecule has 1 fully saturated rings. The molecule has 0 aromatic heterocycles. The highest BCUT2D eigenvalue weighted by Gasteiger charge is 2.38. The molecule has 1 aliphatic rings. The number of nitrogens with two attached hydrogens (primary N) is 1. The first-order valence-corrected chi connectivity index (χ1v) is 5.04. The normalized spacial score (nSPS) is 33.5. The molecule has 1 aliphatic carbocycles. The molecule has 0 amide bonds. The van der Waals surface area contributed by atoms with E-state index < -0.39 is 5.97 Å². The van der Waals surface area contributed by atoms with E-state index in [1.54, 1.807) is 0 Å². The third-order valence-corrected chi connectivity index (χ3v) is 3.34. The van der Waals surface area contributed by atoms with Gasteiger partial charge in [-0.2, -0.15) is 0 Å². The minimum Gasteiger partial charge on any atom is -0.481 e. The van der Waals surface area contributed by atoms with Gasteiger partial charge in [-0.25, -0.2) is 0 Å². The molecule has 0 aromatic carbocycles. The van der Waals surface area contributed by atoms with E-state index in [0.29, 0.717) is 12.5 Å². The second kappa shape index (κ2) is 4.09. The quantitative estimate of drug-likeness (QED) is 0.699. The average molecular weight is 185 g/mol. The lowest BCUT2D eigenvalue weighted by Crippen LogP contribution is -2.30. The van der Waals surface area contributed by atoms with Crippen molar-refractivity contribution in [2.75, 3.05) is 6.54 Å². The number of hydrogen-bond acceptors (Lipinski definition) is 2. The molecule has 3 N–H and O–H groups in total. The second-order valence-electron chi connectivity index (χ2n) is 4.29. The fraction of sp³-hybridized carbons (Fsp3) is 0.900. The lowest BCUT2D eigenvalue weighted by Gasteiger charge is -2.25. The van der Waals surface area contributed by atoms with Gasteiger partial charge in [-0.15, -0.1) is 0 Å². The molecule has 0 aliphatic heterocycles. The molecule has 0 radical (unpaired) electrons. The van der Waals surface area contributed by atoms with Crippen LogP contribution in [-0.4, -0.2) is 17.6 Å². The van der Waals surface area contributed by atoms with Crippen LogP contribution < -0.4 is 5.73 Å². The van der Waals surface area contributed by atoms with E-state index in [1.165, 1.54) is 0 Å². The van der Waals surface area contributed by atoms with Crippen molar-refractivity contribution >= 4 is 5.97 Å². The third kappa shape index (κ3) is 2.44. The number of carbonyl (C=O) groups is 1. The van der Waals surface area contributed by atoms with Crippen molar-refractivity contribution in [1.29, 1.82) is 0 Å². The predicted octanol–water partition coefficient (Wildman–Crippen LogP) is 1.62. The molecule has 3 heteroatoms. The molecule has 0 saturated heterocycles. The first-order valence-electron chi connectivity index (χ1n) is 5.04. The molecule has 0 spiro atoms. The molecular formula is C10H19NO2. The van der Waals surface area contributed by atoms with Crippen LogP contribution in [0.15, 0.2) is 0 Å². The molecule has 0 heterocycles. The zero-order valence-electron chi connectivity index (χ0n) is 8.25. The Hall–Kier alpha value is -0.570. The van der Waals surface area contributed by atoms with Crippen LogP contribution in [0.1, 0.15) is 39.0 Å². The maximum atomic E-state index is 10.7. The van der Waals surface area contributed by atoms with Gasteiger partial charge in [0.15, 0.2) is 0 Å². The van der Waals surface area contributed by atoms with Crippen LogP contribution >= 0.6 is 0 Å². The number of rotatable bonds is 4. The van der Waals surface area contributed by atoms with Gasteiger partial charge in [0.1, 0.15) is 0 Å². The fourth-order valence-electron chi connectivity index (χ4n) is 2.41. The molecule has 13 heavy (non-hydrogen) atoms. The molecule has 3 nitrogen and oxygen atoms in total. The van der Waals surface area contributed by atoms with Crippen molar-refractivity contribution in [3.05, 3.63) is 0 Å². The summed E-state index contributed by atoms with van der Waals surface area (Å²) in [7, 11) is 0. The monoisotopic (exact) mass is 185 g/mol. The van der Waals surface area contributed by atoms with Crippen LogP contribution in [0.3, 0.4) is 0 Å². The largest absolute Gasteiger partial charge is 0.481 e. The smallest absolute Gasteiger partial charge is 0.303 e. The second-order valence-corrected chi connectivity index (χ2v) is 4.29. The van der Waals surface area contributed by atoms with Gasteiger partial charge in [0.2, 0.25) is 0 Å². The van der Waals surface area contributed by atoms with E-state index in [4.69, 9.17) is 10.8 Å². The van der Waals surface area contributed by atoms with Gasteiger partial charge < -0.3 is 10.8 Å². The van der Waals surface area contributed by atoms with Crippen molar-refractivity contribution in [2.24, 2.45) is 17.1 Å². The van der Waals surface area contributed by atoms with Gasteiger partial charge in [0.25, 0.3) is 0 Å². The molecule has 0 bridgehead atoms. The van der Waals surface area contributed by atoms with Gasteiger partial charge >= 0.3 is 5.97 Å². The van der Waals surface area contributed by atoms with Gasteiger partial charge in [0.05, 0.1) is 6.42 Å². The average Bonchev–Trinajstić information content (AvgIpc) is 2.48. The van der Waals surface area contributed by atoms with Crippen LogP contribution in [0.4, 0.5) is 0 Å². The Morgan fingerprint density at radius 3 is 2.77 bits per heavy atom.